The van der Waals surface area contributed by atoms with Crippen molar-refractivity contribution < 1.29 is 14.1 Å². The van der Waals surface area contributed by atoms with Gasteiger partial charge in [-0.2, -0.15) is 0 Å². The molecule has 0 saturated carbocycles. The lowest BCUT2D eigenvalue weighted by atomic mass is 10.2. The number of benzene rings is 2. The maximum Gasteiger partial charge on any atom is 0.269 e. The molecule has 0 spiro atoms. The van der Waals surface area contributed by atoms with Crippen LogP contribution in [0.15, 0.2) is 46.9 Å². The van der Waals surface area contributed by atoms with Crippen molar-refractivity contribution in [3.63, 3.8) is 0 Å². The summed E-state index contributed by atoms with van der Waals surface area (Å²) in [6.45, 7) is 0.142. The van der Waals surface area contributed by atoms with Crippen LogP contribution in [0.2, 0.25) is 0 Å². The van der Waals surface area contributed by atoms with E-state index in [1.165, 1.54) is 24.3 Å². The van der Waals surface area contributed by atoms with Crippen molar-refractivity contribution in [2.75, 3.05) is 0 Å². The topological polar surface area (TPSA) is 52.4 Å². The molecule has 0 aliphatic heterocycles. The molecule has 2 rings (SSSR count). The van der Waals surface area contributed by atoms with Crippen LogP contribution in [0.1, 0.15) is 5.56 Å². The summed E-state index contributed by atoms with van der Waals surface area (Å²) in [7, 11) is 0. The fourth-order valence-corrected chi connectivity index (χ4v) is 1.74. The SMILES string of the molecule is O=[N+]([O-])c1cccc(COc2ccc(Br)c(F)c2)c1. The van der Waals surface area contributed by atoms with Crippen LogP contribution >= 0.6 is 15.9 Å². The average molecular weight is 326 g/mol. The molecule has 2 aromatic rings. The number of hydrogen-bond acceptors (Lipinski definition) is 3. The van der Waals surface area contributed by atoms with Crippen LogP contribution in [-0.2, 0) is 6.61 Å². The van der Waals surface area contributed by atoms with E-state index in [-0.39, 0.29) is 12.3 Å². The first-order chi connectivity index (χ1) is 9.06. The van der Waals surface area contributed by atoms with E-state index in [1.54, 1.807) is 18.2 Å². The van der Waals surface area contributed by atoms with E-state index < -0.39 is 10.7 Å². The Morgan fingerprint density at radius 1 is 1.26 bits per heavy atom. The van der Waals surface area contributed by atoms with Gasteiger partial charge in [-0.05, 0) is 33.6 Å². The highest BCUT2D eigenvalue weighted by Crippen LogP contribution is 2.22. The van der Waals surface area contributed by atoms with Gasteiger partial charge in [-0.3, -0.25) is 10.1 Å². The van der Waals surface area contributed by atoms with Gasteiger partial charge in [0, 0.05) is 18.2 Å². The van der Waals surface area contributed by atoms with Crippen molar-refractivity contribution in [2.45, 2.75) is 6.61 Å². The van der Waals surface area contributed by atoms with Crippen LogP contribution in [0.3, 0.4) is 0 Å². The number of non-ortho nitro benzene ring substituents is 1. The highest BCUT2D eigenvalue weighted by atomic mass is 79.9. The molecule has 2 aromatic carbocycles. The Kier molecular flexibility index (Phi) is 4.11. The quantitative estimate of drug-likeness (QED) is 0.628. The third-order valence-electron chi connectivity index (χ3n) is 2.42. The minimum Gasteiger partial charge on any atom is -0.489 e. The number of halogens is 2. The summed E-state index contributed by atoms with van der Waals surface area (Å²) in [5.74, 6) is -0.0521. The van der Waals surface area contributed by atoms with E-state index in [0.29, 0.717) is 15.8 Å². The largest absolute Gasteiger partial charge is 0.489 e. The first-order valence-corrected chi connectivity index (χ1v) is 6.17. The van der Waals surface area contributed by atoms with Crippen molar-refractivity contribution in [2.24, 2.45) is 0 Å². The molecular formula is C13H9BrFNO3. The maximum atomic E-state index is 13.3. The van der Waals surface area contributed by atoms with Gasteiger partial charge in [-0.15, -0.1) is 0 Å². The molecule has 0 aromatic heterocycles. The number of nitro groups is 1. The molecule has 0 radical (unpaired) electrons. The Labute approximate surface area is 117 Å². The lowest BCUT2D eigenvalue weighted by molar-refractivity contribution is -0.384. The zero-order chi connectivity index (χ0) is 13.8. The molecule has 0 amide bonds. The molecule has 0 aliphatic carbocycles. The smallest absolute Gasteiger partial charge is 0.269 e. The fourth-order valence-electron chi connectivity index (χ4n) is 1.49. The normalized spacial score (nSPS) is 10.2. The third-order valence-corrected chi connectivity index (χ3v) is 3.06. The molecule has 0 bridgehead atoms. The van der Waals surface area contributed by atoms with Gasteiger partial charge in [-0.1, -0.05) is 12.1 Å². The number of rotatable bonds is 4. The summed E-state index contributed by atoms with van der Waals surface area (Å²) >= 11 is 3.05. The van der Waals surface area contributed by atoms with Crippen LogP contribution in [-0.4, -0.2) is 4.92 Å². The van der Waals surface area contributed by atoms with E-state index in [0.717, 1.165) is 0 Å². The van der Waals surface area contributed by atoms with Crippen LogP contribution < -0.4 is 4.74 Å². The Hall–Kier alpha value is -1.95. The van der Waals surface area contributed by atoms with Gasteiger partial charge in [0.2, 0.25) is 0 Å². The molecule has 19 heavy (non-hydrogen) atoms. The Morgan fingerprint density at radius 2 is 2.05 bits per heavy atom. The summed E-state index contributed by atoms with van der Waals surface area (Å²) in [6.07, 6.45) is 0. The van der Waals surface area contributed by atoms with E-state index in [2.05, 4.69) is 15.9 Å². The lowest BCUT2D eigenvalue weighted by Crippen LogP contribution is -1.97. The van der Waals surface area contributed by atoms with Crippen molar-refractivity contribution in [3.8, 4) is 5.75 Å². The van der Waals surface area contributed by atoms with Crippen LogP contribution in [0.25, 0.3) is 0 Å². The first-order valence-electron chi connectivity index (χ1n) is 5.37. The Bertz CT molecular complexity index is 619. The molecule has 4 nitrogen and oxygen atoms in total. The van der Waals surface area contributed by atoms with Gasteiger partial charge in [-0.25, -0.2) is 4.39 Å². The van der Waals surface area contributed by atoms with Gasteiger partial charge in [0.1, 0.15) is 18.2 Å². The predicted molar refractivity (Wildman–Crippen MR) is 71.5 cm³/mol. The second kappa shape index (κ2) is 5.79. The fraction of sp³-hybridized carbons (Fsp3) is 0.0769. The summed E-state index contributed by atoms with van der Waals surface area (Å²) in [5, 5.41) is 10.6. The highest BCUT2D eigenvalue weighted by Gasteiger charge is 2.06. The Morgan fingerprint density at radius 3 is 2.74 bits per heavy atom. The van der Waals surface area contributed by atoms with Crippen LogP contribution in [0.4, 0.5) is 10.1 Å². The van der Waals surface area contributed by atoms with Gasteiger partial charge in [0.15, 0.2) is 0 Å². The standard InChI is InChI=1S/C13H9BrFNO3/c14-12-5-4-11(7-13(12)15)19-8-9-2-1-3-10(6-9)16(17)18/h1-7H,8H2. The van der Waals surface area contributed by atoms with Gasteiger partial charge >= 0.3 is 0 Å². The number of nitrogens with zero attached hydrogens (tertiary/aromatic N) is 1. The second-order valence-corrected chi connectivity index (χ2v) is 4.65. The van der Waals surface area contributed by atoms with E-state index in [4.69, 9.17) is 4.74 Å². The summed E-state index contributed by atoms with van der Waals surface area (Å²) in [4.78, 5) is 10.2. The minimum atomic E-state index is -0.469. The first kappa shape index (κ1) is 13.5. The minimum absolute atomic E-state index is 0.00286. The number of nitro benzene ring substituents is 1. The lowest BCUT2D eigenvalue weighted by Gasteiger charge is -2.06. The molecule has 98 valence electrons. The van der Waals surface area contributed by atoms with E-state index >= 15 is 0 Å². The van der Waals surface area contributed by atoms with Crippen molar-refractivity contribution >= 4 is 21.6 Å². The average Bonchev–Trinajstić information content (AvgIpc) is 2.40. The second-order valence-electron chi connectivity index (χ2n) is 3.79. The molecule has 0 N–H and O–H groups in total. The molecule has 0 unspecified atom stereocenters. The molecule has 0 atom stereocenters. The van der Waals surface area contributed by atoms with Crippen molar-refractivity contribution in [1.82, 2.24) is 0 Å². The van der Waals surface area contributed by atoms with Crippen molar-refractivity contribution in [3.05, 3.63) is 68.4 Å². The number of hydrogen-bond donors (Lipinski definition) is 0. The van der Waals surface area contributed by atoms with Crippen LogP contribution in [0, 0.1) is 15.9 Å². The van der Waals surface area contributed by atoms with E-state index in [9.17, 15) is 14.5 Å². The van der Waals surface area contributed by atoms with Gasteiger partial charge < -0.3 is 4.74 Å². The third kappa shape index (κ3) is 3.51. The summed E-state index contributed by atoms with van der Waals surface area (Å²) in [5.41, 5.74) is 0.653. The van der Waals surface area contributed by atoms with Gasteiger partial charge in [0.05, 0.1) is 9.40 Å². The maximum absolute atomic E-state index is 13.3. The molecular weight excluding hydrogens is 317 g/mol. The Balaban J connectivity index is 2.07. The summed E-state index contributed by atoms with van der Waals surface area (Å²) < 4.78 is 19.0. The molecule has 0 fully saturated rings. The number of ether oxygens (including phenoxy) is 1. The van der Waals surface area contributed by atoms with Crippen molar-refractivity contribution in [1.29, 1.82) is 0 Å². The van der Waals surface area contributed by atoms with Gasteiger partial charge in [0.25, 0.3) is 5.69 Å². The summed E-state index contributed by atoms with van der Waals surface area (Å²) in [6, 6.07) is 10.5. The monoisotopic (exact) mass is 325 g/mol. The van der Waals surface area contributed by atoms with E-state index in [1.807, 2.05) is 0 Å². The highest BCUT2D eigenvalue weighted by molar-refractivity contribution is 9.10. The molecule has 0 heterocycles. The zero-order valence-corrected chi connectivity index (χ0v) is 11.3. The molecule has 0 aliphatic rings. The molecule has 0 saturated heterocycles. The van der Waals surface area contributed by atoms with Crippen LogP contribution in [0.5, 0.6) is 5.75 Å². The zero-order valence-electron chi connectivity index (χ0n) is 9.68. The molecule has 6 heteroatoms. The predicted octanol–water partition coefficient (Wildman–Crippen LogP) is 4.08.